The Balaban J connectivity index is 1.74. The van der Waals surface area contributed by atoms with Gasteiger partial charge in [0.2, 0.25) is 0 Å². The highest BCUT2D eigenvalue weighted by Gasteiger charge is 2.07. The van der Waals surface area contributed by atoms with E-state index in [1.807, 2.05) is 6.07 Å². The molecule has 0 saturated heterocycles. The average Bonchev–Trinajstić information content (AvgIpc) is 2.66. The zero-order valence-corrected chi connectivity index (χ0v) is 17.1. The Morgan fingerprint density at radius 3 is 2.56 bits per heavy atom. The van der Waals surface area contributed by atoms with Gasteiger partial charge < -0.3 is 15.4 Å². The highest BCUT2D eigenvalue weighted by Crippen LogP contribution is 2.15. The molecule has 4 nitrogen and oxygen atoms in total. The monoisotopic (exact) mass is 384 g/mol. The lowest BCUT2D eigenvalue weighted by atomic mass is 10.0. The molecule has 0 atom stereocenters. The summed E-state index contributed by atoms with van der Waals surface area (Å²) < 4.78 is 5.01. The molecule has 0 heterocycles. The average molecular weight is 385 g/mol. The number of rotatable bonds is 8. The molecule has 27 heavy (non-hydrogen) atoms. The van der Waals surface area contributed by atoms with Gasteiger partial charge in [-0.15, -0.1) is 0 Å². The van der Waals surface area contributed by atoms with Gasteiger partial charge in [0.15, 0.2) is 5.11 Å². The Kier molecular flexibility index (Phi) is 8.27. The molecule has 0 spiro atoms. The van der Waals surface area contributed by atoms with Crippen LogP contribution in [-0.2, 0) is 11.2 Å². The molecule has 0 radical (unpaired) electrons. The van der Waals surface area contributed by atoms with Crippen LogP contribution in [0.1, 0.15) is 54.6 Å². The van der Waals surface area contributed by atoms with E-state index >= 15 is 0 Å². The second-order valence-electron chi connectivity index (χ2n) is 6.68. The van der Waals surface area contributed by atoms with Gasteiger partial charge in [0.05, 0.1) is 12.2 Å². The first-order chi connectivity index (χ1) is 13.0. The van der Waals surface area contributed by atoms with Crippen molar-refractivity contribution in [2.45, 2.75) is 39.5 Å². The van der Waals surface area contributed by atoms with E-state index in [0.29, 0.717) is 23.2 Å². The van der Waals surface area contributed by atoms with Crippen LogP contribution in [0.2, 0.25) is 0 Å². The number of hydrogen-bond acceptors (Lipinski definition) is 3. The predicted molar refractivity (Wildman–Crippen MR) is 115 cm³/mol. The standard InChI is InChI=1S/C22H28N2O2S/c1-4-26-21(25)19-8-5-9-20(15-19)24-22(27)23-14-6-7-17-10-12-18(13-11-17)16(2)3/h5,8-13,15-16H,4,6-7,14H2,1-3H3,(H2,23,24,27). The third-order valence-corrected chi connectivity index (χ3v) is 4.45. The summed E-state index contributed by atoms with van der Waals surface area (Å²) in [6, 6.07) is 15.9. The van der Waals surface area contributed by atoms with Crippen LogP contribution in [0.25, 0.3) is 0 Å². The van der Waals surface area contributed by atoms with Gasteiger partial charge in [0.25, 0.3) is 0 Å². The van der Waals surface area contributed by atoms with Gasteiger partial charge in [-0.3, -0.25) is 0 Å². The molecule has 0 amide bonds. The third-order valence-electron chi connectivity index (χ3n) is 4.21. The van der Waals surface area contributed by atoms with Crippen molar-refractivity contribution < 1.29 is 9.53 Å². The molecule has 0 aromatic heterocycles. The van der Waals surface area contributed by atoms with Crippen LogP contribution in [-0.4, -0.2) is 24.2 Å². The number of nitrogens with one attached hydrogen (secondary N) is 2. The van der Waals surface area contributed by atoms with Gasteiger partial charge >= 0.3 is 5.97 Å². The quantitative estimate of drug-likeness (QED) is 0.385. The summed E-state index contributed by atoms with van der Waals surface area (Å²) in [7, 11) is 0. The number of thiocarbonyl (C=S) groups is 1. The van der Waals surface area contributed by atoms with Gasteiger partial charge in [0.1, 0.15) is 0 Å². The van der Waals surface area contributed by atoms with Gasteiger partial charge in [-0.1, -0.05) is 44.2 Å². The van der Waals surface area contributed by atoms with E-state index in [1.54, 1.807) is 25.1 Å². The van der Waals surface area contributed by atoms with Crippen LogP contribution in [0.4, 0.5) is 5.69 Å². The number of esters is 1. The second kappa shape index (κ2) is 10.7. The number of aryl methyl sites for hydroxylation is 1. The summed E-state index contributed by atoms with van der Waals surface area (Å²) in [6.45, 7) is 7.34. The Hall–Kier alpha value is -2.40. The minimum atomic E-state index is -0.330. The Morgan fingerprint density at radius 2 is 1.89 bits per heavy atom. The minimum absolute atomic E-state index is 0.330. The normalized spacial score (nSPS) is 10.5. The number of carbonyl (C=O) groups excluding carboxylic acids is 1. The van der Waals surface area contributed by atoms with Crippen molar-refractivity contribution in [1.82, 2.24) is 5.32 Å². The molecule has 0 aliphatic rings. The molecule has 0 unspecified atom stereocenters. The fourth-order valence-corrected chi connectivity index (χ4v) is 2.90. The Morgan fingerprint density at radius 1 is 1.15 bits per heavy atom. The molecule has 2 N–H and O–H groups in total. The summed E-state index contributed by atoms with van der Waals surface area (Å²) >= 11 is 5.33. The fraction of sp³-hybridized carbons (Fsp3) is 0.364. The SMILES string of the molecule is CCOC(=O)c1cccc(NC(=S)NCCCc2ccc(C(C)C)cc2)c1. The lowest BCUT2D eigenvalue weighted by molar-refractivity contribution is 0.0526. The van der Waals surface area contributed by atoms with E-state index < -0.39 is 0 Å². The van der Waals surface area contributed by atoms with Crippen molar-refractivity contribution in [3.05, 3.63) is 65.2 Å². The number of ether oxygens (including phenoxy) is 1. The molecule has 0 fully saturated rings. The largest absolute Gasteiger partial charge is 0.462 e. The maximum atomic E-state index is 11.8. The van der Waals surface area contributed by atoms with Crippen LogP contribution in [0.5, 0.6) is 0 Å². The van der Waals surface area contributed by atoms with Crippen molar-refractivity contribution in [2.75, 3.05) is 18.5 Å². The van der Waals surface area contributed by atoms with Gasteiger partial charge in [-0.2, -0.15) is 0 Å². The predicted octanol–water partition coefficient (Wildman–Crippen LogP) is 4.91. The van der Waals surface area contributed by atoms with Crippen molar-refractivity contribution in [3.8, 4) is 0 Å². The fourth-order valence-electron chi connectivity index (χ4n) is 2.68. The lowest BCUT2D eigenvalue weighted by Gasteiger charge is -2.12. The van der Waals surface area contributed by atoms with E-state index in [-0.39, 0.29) is 5.97 Å². The molecular formula is C22H28N2O2S. The summed E-state index contributed by atoms with van der Waals surface area (Å²) in [5.74, 6) is 0.231. The van der Waals surface area contributed by atoms with Crippen LogP contribution in [0.3, 0.4) is 0 Å². The molecule has 2 rings (SSSR count). The summed E-state index contributed by atoms with van der Waals surface area (Å²) in [6.07, 6.45) is 2.00. The molecule has 2 aromatic carbocycles. The van der Waals surface area contributed by atoms with Gasteiger partial charge in [-0.25, -0.2) is 4.79 Å². The van der Waals surface area contributed by atoms with E-state index in [1.165, 1.54) is 11.1 Å². The zero-order valence-electron chi connectivity index (χ0n) is 16.2. The van der Waals surface area contributed by atoms with E-state index in [9.17, 15) is 4.79 Å². The molecular weight excluding hydrogens is 356 g/mol. The number of hydrogen-bond donors (Lipinski definition) is 2. The van der Waals surface area contributed by atoms with Crippen LogP contribution < -0.4 is 10.6 Å². The van der Waals surface area contributed by atoms with E-state index in [0.717, 1.165) is 25.1 Å². The highest BCUT2D eigenvalue weighted by molar-refractivity contribution is 7.80. The van der Waals surface area contributed by atoms with Crippen molar-refractivity contribution in [1.29, 1.82) is 0 Å². The van der Waals surface area contributed by atoms with E-state index in [4.69, 9.17) is 17.0 Å². The summed E-state index contributed by atoms with van der Waals surface area (Å²) in [5, 5.41) is 6.87. The first kappa shape index (κ1) is 20.9. The van der Waals surface area contributed by atoms with Crippen molar-refractivity contribution in [2.24, 2.45) is 0 Å². The number of anilines is 1. The third kappa shape index (κ3) is 7.02. The summed E-state index contributed by atoms with van der Waals surface area (Å²) in [5.41, 5.74) is 3.98. The smallest absolute Gasteiger partial charge is 0.338 e. The first-order valence-electron chi connectivity index (χ1n) is 9.40. The van der Waals surface area contributed by atoms with E-state index in [2.05, 4.69) is 48.7 Å². The molecule has 0 aliphatic carbocycles. The molecule has 0 aliphatic heterocycles. The highest BCUT2D eigenvalue weighted by atomic mass is 32.1. The van der Waals surface area contributed by atoms with Crippen LogP contribution >= 0.6 is 12.2 Å². The molecule has 0 saturated carbocycles. The van der Waals surface area contributed by atoms with Gasteiger partial charge in [-0.05, 0) is 67.2 Å². The van der Waals surface area contributed by atoms with Crippen molar-refractivity contribution >= 4 is 29.0 Å². The lowest BCUT2D eigenvalue weighted by Crippen LogP contribution is -2.29. The zero-order chi connectivity index (χ0) is 19.6. The van der Waals surface area contributed by atoms with Gasteiger partial charge in [0, 0.05) is 12.2 Å². The van der Waals surface area contributed by atoms with Crippen molar-refractivity contribution in [3.63, 3.8) is 0 Å². The first-order valence-corrected chi connectivity index (χ1v) is 9.81. The minimum Gasteiger partial charge on any atom is -0.462 e. The van der Waals surface area contributed by atoms with Crippen LogP contribution in [0.15, 0.2) is 48.5 Å². The second-order valence-corrected chi connectivity index (χ2v) is 7.09. The molecule has 144 valence electrons. The molecule has 5 heteroatoms. The Bertz CT molecular complexity index is 757. The number of benzene rings is 2. The Labute approximate surface area is 167 Å². The maximum Gasteiger partial charge on any atom is 0.338 e. The number of carbonyl (C=O) groups is 1. The summed E-state index contributed by atoms with van der Waals surface area (Å²) in [4.78, 5) is 11.8. The van der Waals surface area contributed by atoms with Crippen LogP contribution in [0, 0.1) is 0 Å². The molecule has 0 bridgehead atoms. The topological polar surface area (TPSA) is 50.4 Å². The maximum absolute atomic E-state index is 11.8. The molecule has 2 aromatic rings.